The molecule has 3 N–H and O–H groups in total. The fourth-order valence-corrected chi connectivity index (χ4v) is 5.30. The maximum atomic E-state index is 15.0. The van der Waals surface area contributed by atoms with Gasteiger partial charge in [-0.2, -0.15) is 0 Å². The van der Waals surface area contributed by atoms with Crippen molar-refractivity contribution in [2.24, 2.45) is 5.92 Å². The molecule has 3 atom stereocenters. The van der Waals surface area contributed by atoms with Gasteiger partial charge in [0.05, 0.1) is 31.9 Å². The quantitative estimate of drug-likeness (QED) is 0.367. The number of benzene rings is 1. The summed E-state index contributed by atoms with van der Waals surface area (Å²) in [6.45, 7) is 1.89. The average molecular weight is 543 g/mol. The van der Waals surface area contributed by atoms with Crippen LogP contribution in [0.15, 0.2) is 18.2 Å². The summed E-state index contributed by atoms with van der Waals surface area (Å²) in [6.07, 6.45) is 5.15. The van der Waals surface area contributed by atoms with Crippen LogP contribution in [0.1, 0.15) is 50.2 Å². The van der Waals surface area contributed by atoms with E-state index in [1.165, 1.54) is 45.3 Å². The van der Waals surface area contributed by atoms with Gasteiger partial charge in [-0.25, -0.2) is 14.0 Å². The molecule has 11 heteroatoms. The van der Waals surface area contributed by atoms with Gasteiger partial charge in [-0.1, -0.05) is 55.8 Å². The van der Waals surface area contributed by atoms with Crippen LogP contribution < -0.4 is 16.0 Å². The highest BCUT2D eigenvalue weighted by atomic mass is 35.5. The molecule has 1 aromatic carbocycles. The van der Waals surface area contributed by atoms with E-state index in [-0.39, 0.29) is 42.4 Å². The Morgan fingerprint density at radius 3 is 2.78 bits per heavy atom. The lowest BCUT2D eigenvalue weighted by Crippen LogP contribution is -2.54. The Morgan fingerprint density at radius 2 is 2.05 bits per heavy atom. The summed E-state index contributed by atoms with van der Waals surface area (Å²) in [7, 11) is 3.16. The topological polar surface area (TPSA) is 101 Å². The molecule has 9 nitrogen and oxygen atoms in total. The largest absolute Gasteiger partial charge is 0.453 e. The fourth-order valence-electron chi connectivity index (χ4n) is 5.12. The highest BCUT2D eigenvalue weighted by molar-refractivity contribution is 6.30. The van der Waals surface area contributed by atoms with E-state index < -0.39 is 24.1 Å². The third-order valence-corrected chi connectivity index (χ3v) is 7.27. The van der Waals surface area contributed by atoms with Crippen LogP contribution >= 0.6 is 11.6 Å². The van der Waals surface area contributed by atoms with Gasteiger partial charge in [0.1, 0.15) is 18.0 Å². The molecule has 1 unspecified atom stereocenters. The summed E-state index contributed by atoms with van der Waals surface area (Å²) in [5.41, 5.74) is 0.239. The summed E-state index contributed by atoms with van der Waals surface area (Å²) in [6, 6.07) is 4.57. The van der Waals surface area contributed by atoms with Gasteiger partial charge in [-0.15, -0.1) is 0 Å². The lowest BCUT2D eigenvalue weighted by Gasteiger charge is -2.38. The second-order valence-electron chi connectivity index (χ2n) is 9.65. The van der Waals surface area contributed by atoms with Crippen LogP contribution in [0.4, 0.5) is 14.0 Å². The van der Waals surface area contributed by atoms with E-state index in [9.17, 15) is 14.0 Å². The zero-order valence-electron chi connectivity index (χ0n) is 21.8. The minimum absolute atomic E-state index is 0.0261. The zero-order valence-corrected chi connectivity index (χ0v) is 22.5. The Bertz CT molecular complexity index is 873. The van der Waals surface area contributed by atoms with Gasteiger partial charge in [0.2, 0.25) is 0 Å². The van der Waals surface area contributed by atoms with E-state index in [0.29, 0.717) is 25.6 Å². The second-order valence-corrected chi connectivity index (χ2v) is 10.1. The maximum Gasteiger partial charge on any atom is 0.406 e. The highest BCUT2D eigenvalue weighted by Crippen LogP contribution is 2.31. The maximum absolute atomic E-state index is 15.0. The monoisotopic (exact) mass is 542 g/mol. The number of rotatable bonds is 11. The summed E-state index contributed by atoms with van der Waals surface area (Å²) in [5.74, 6) is 0.0360. The molecule has 0 aromatic heterocycles. The molecule has 1 aromatic rings. The van der Waals surface area contributed by atoms with Crippen LogP contribution in [0.25, 0.3) is 0 Å². The van der Waals surface area contributed by atoms with Crippen molar-refractivity contribution in [3.8, 4) is 0 Å². The SMILES string of the molecule is CNC[C@H](CC1CCCCC1)NC(=O)N1CCO[C@@H](C(OCCNC(=O)OC)c2cccc(Cl)c2F)C1. The molecule has 1 aliphatic carbocycles. The van der Waals surface area contributed by atoms with Gasteiger partial charge < -0.3 is 35.1 Å². The first-order valence-electron chi connectivity index (χ1n) is 13.1. The number of alkyl carbamates (subject to hydrolysis) is 1. The van der Waals surface area contributed by atoms with Gasteiger partial charge in [0.15, 0.2) is 0 Å². The van der Waals surface area contributed by atoms with Crippen molar-refractivity contribution in [3.05, 3.63) is 34.6 Å². The molecule has 37 heavy (non-hydrogen) atoms. The molecule has 0 radical (unpaired) electrons. The fraction of sp³-hybridized carbons (Fsp3) is 0.692. The molecule has 2 aliphatic rings. The van der Waals surface area contributed by atoms with Gasteiger partial charge in [0, 0.05) is 31.2 Å². The van der Waals surface area contributed by atoms with Crippen molar-refractivity contribution in [2.45, 2.75) is 56.8 Å². The van der Waals surface area contributed by atoms with Crippen LogP contribution in [0.2, 0.25) is 5.02 Å². The summed E-state index contributed by atoms with van der Waals surface area (Å²) >= 11 is 6.04. The van der Waals surface area contributed by atoms with Crippen molar-refractivity contribution < 1.29 is 28.2 Å². The number of urea groups is 1. The Hall–Kier alpha value is -2.14. The number of nitrogens with zero attached hydrogens (tertiary/aromatic N) is 1. The molecule has 3 amide bonds. The second kappa shape index (κ2) is 15.3. The van der Waals surface area contributed by atoms with Crippen molar-refractivity contribution in [1.82, 2.24) is 20.9 Å². The molecule has 2 fully saturated rings. The number of carbonyl (C=O) groups is 2. The van der Waals surface area contributed by atoms with E-state index in [0.717, 1.165) is 6.42 Å². The number of ether oxygens (including phenoxy) is 3. The van der Waals surface area contributed by atoms with Crippen molar-refractivity contribution in [3.63, 3.8) is 0 Å². The van der Waals surface area contributed by atoms with E-state index in [2.05, 4.69) is 20.7 Å². The van der Waals surface area contributed by atoms with Crippen LogP contribution in [0, 0.1) is 11.7 Å². The predicted molar refractivity (Wildman–Crippen MR) is 139 cm³/mol. The first kappa shape index (κ1) is 29.4. The molecule has 1 aliphatic heterocycles. The lowest BCUT2D eigenvalue weighted by molar-refractivity contribution is -0.106. The smallest absolute Gasteiger partial charge is 0.406 e. The molecule has 3 rings (SSSR count). The number of hydrogen-bond acceptors (Lipinski definition) is 6. The third kappa shape index (κ3) is 8.98. The zero-order chi connectivity index (χ0) is 26.6. The Labute approximate surface area is 223 Å². The first-order valence-corrected chi connectivity index (χ1v) is 13.5. The van der Waals surface area contributed by atoms with Crippen LogP contribution in [-0.4, -0.2) is 82.7 Å². The predicted octanol–water partition coefficient (Wildman–Crippen LogP) is 3.86. The summed E-state index contributed by atoms with van der Waals surface area (Å²) in [5, 5.41) is 8.90. The van der Waals surface area contributed by atoms with Gasteiger partial charge in [0.25, 0.3) is 0 Å². The van der Waals surface area contributed by atoms with Crippen molar-refractivity contribution >= 4 is 23.7 Å². The standard InChI is InChI=1S/C26H40ClFN4O5/c1-29-16-19(15-18-7-4-3-5-8-18)31-25(33)32-12-14-36-22(17-32)24(37-13-11-30-26(34)35-2)20-9-6-10-21(27)23(20)28/h6,9-10,18-19,22,24,29H,3-5,7-8,11-17H2,1-2H3,(H,30,34)(H,31,33)/t19-,22+,24?/m0/s1. The third-order valence-electron chi connectivity index (χ3n) is 6.98. The van der Waals surface area contributed by atoms with E-state index >= 15 is 0 Å². The van der Waals surface area contributed by atoms with E-state index in [1.54, 1.807) is 17.0 Å². The molecule has 0 spiro atoms. The summed E-state index contributed by atoms with van der Waals surface area (Å²) < 4.78 is 31.5. The molecule has 208 valence electrons. The summed E-state index contributed by atoms with van der Waals surface area (Å²) in [4.78, 5) is 26.3. The number of morpholine rings is 1. The molecule has 0 bridgehead atoms. The van der Waals surface area contributed by atoms with Gasteiger partial charge in [-0.3, -0.25) is 0 Å². The van der Waals surface area contributed by atoms with E-state index in [4.69, 9.17) is 21.1 Å². The average Bonchev–Trinajstić information content (AvgIpc) is 2.91. The number of carbonyl (C=O) groups excluding carboxylic acids is 2. The number of amides is 3. The molecular weight excluding hydrogens is 503 g/mol. The number of methoxy groups -OCH3 is 1. The van der Waals surface area contributed by atoms with E-state index in [1.807, 2.05) is 7.05 Å². The molecule has 1 heterocycles. The number of nitrogens with one attached hydrogen (secondary N) is 3. The molecule has 1 saturated heterocycles. The van der Waals surface area contributed by atoms with Gasteiger partial charge in [-0.05, 0) is 25.5 Å². The van der Waals surface area contributed by atoms with Crippen LogP contribution in [0.3, 0.4) is 0 Å². The minimum Gasteiger partial charge on any atom is -0.453 e. The Morgan fingerprint density at radius 1 is 1.27 bits per heavy atom. The Kier molecular flexibility index (Phi) is 12.2. The van der Waals surface area contributed by atoms with Crippen LogP contribution in [-0.2, 0) is 14.2 Å². The number of hydrogen-bond donors (Lipinski definition) is 3. The minimum atomic E-state index is -0.830. The highest BCUT2D eigenvalue weighted by Gasteiger charge is 2.34. The lowest BCUT2D eigenvalue weighted by atomic mass is 9.85. The molecule has 1 saturated carbocycles. The van der Waals surface area contributed by atoms with Gasteiger partial charge >= 0.3 is 12.1 Å². The first-order chi connectivity index (χ1) is 17.9. The van der Waals surface area contributed by atoms with Crippen LogP contribution in [0.5, 0.6) is 0 Å². The van der Waals surface area contributed by atoms with Crippen molar-refractivity contribution in [1.29, 1.82) is 0 Å². The van der Waals surface area contributed by atoms with Crippen molar-refractivity contribution in [2.75, 3.05) is 53.6 Å². The number of likely N-dealkylation sites (N-methyl/N-ethyl adjacent to an activating group) is 1. The Balaban J connectivity index is 1.66. The number of halogens is 2. The normalized spacial score (nSPS) is 20.2. The molecular formula is C26H40ClFN4O5.